The fourth-order valence-electron chi connectivity index (χ4n) is 2.77. The number of halogens is 2. The summed E-state index contributed by atoms with van der Waals surface area (Å²) in [5.74, 6) is -0.552. The molecule has 4 nitrogen and oxygen atoms in total. The number of hydrogen-bond donors (Lipinski definition) is 0. The zero-order valence-corrected chi connectivity index (χ0v) is 15.5. The van der Waals surface area contributed by atoms with E-state index in [9.17, 15) is 9.18 Å². The fourth-order valence-corrected chi connectivity index (χ4v) is 3.60. The zero-order chi connectivity index (χ0) is 17.8. The molecule has 1 aromatic carbocycles. The Morgan fingerprint density at radius 2 is 2.12 bits per heavy atom. The number of aromatic nitrogens is 1. The number of benzene rings is 1. The SMILES string of the molecule is Cc1nc(CN2CCN(C(=O)C=Cc3c(F)cccc3Cl)CC2)cs1. The van der Waals surface area contributed by atoms with Crippen LogP contribution in [0.4, 0.5) is 4.39 Å². The number of piperazine rings is 1. The number of carbonyl (C=O) groups excluding carboxylic acids is 1. The molecule has 0 radical (unpaired) electrons. The average Bonchev–Trinajstić information content (AvgIpc) is 3.00. The third kappa shape index (κ3) is 4.66. The van der Waals surface area contributed by atoms with Crippen molar-refractivity contribution in [3.63, 3.8) is 0 Å². The van der Waals surface area contributed by atoms with Gasteiger partial charge in [0.05, 0.1) is 15.7 Å². The topological polar surface area (TPSA) is 36.4 Å². The summed E-state index contributed by atoms with van der Waals surface area (Å²) in [7, 11) is 0. The number of carbonyl (C=O) groups is 1. The minimum atomic E-state index is -0.431. The number of amides is 1. The maximum atomic E-state index is 13.7. The van der Waals surface area contributed by atoms with Gasteiger partial charge in [0, 0.05) is 49.7 Å². The quantitative estimate of drug-likeness (QED) is 0.761. The van der Waals surface area contributed by atoms with E-state index in [2.05, 4.69) is 15.3 Å². The summed E-state index contributed by atoms with van der Waals surface area (Å²) in [6.45, 7) is 5.72. The minimum absolute atomic E-state index is 0.122. The number of aryl methyl sites for hydroxylation is 1. The predicted octanol–water partition coefficient (Wildman–Crippen LogP) is 3.60. The Morgan fingerprint density at radius 1 is 1.36 bits per heavy atom. The molecule has 1 fully saturated rings. The molecule has 1 aliphatic heterocycles. The molecule has 0 atom stereocenters. The lowest BCUT2D eigenvalue weighted by Crippen LogP contribution is -2.47. The highest BCUT2D eigenvalue weighted by Gasteiger charge is 2.20. The van der Waals surface area contributed by atoms with Gasteiger partial charge in [0.1, 0.15) is 5.82 Å². The summed E-state index contributed by atoms with van der Waals surface area (Å²) < 4.78 is 13.7. The second kappa shape index (κ2) is 8.08. The Hall–Kier alpha value is -1.76. The first kappa shape index (κ1) is 18.0. The van der Waals surface area contributed by atoms with E-state index in [0.717, 1.165) is 30.3 Å². The highest BCUT2D eigenvalue weighted by atomic mass is 35.5. The smallest absolute Gasteiger partial charge is 0.246 e. The van der Waals surface area contributed by atoms with Gasteiger partial charge in [-0.25, -0.2) is 9.37 Å². The van der Waals surface area contributed by atoms with Gasteiger partial charge in [0.15, 0.2) is 0 Å². The Kier molecular flexibility index (Phi) is 5.83. The van der Waals surface area contributed by atoms with Crippen LogP contribution in [0.15, 0.2) is 29.7 Å². The van der Waals surface area contributed by atoms with Gasteiger partial charge in [-0.05, 0) is 25.1 Å². The first-order chi connectivity index (χ1) is 12.0. The average molecular weight is 380 g/mol. The monoisotopic (exact) mass is 379 g/mol. The summed E-state index contributed by atoms with van der Waals surface area (Å²) in [6, 6.07) is 4.47. The van der Waals surface area contributed by atoms with Crippen molar-refractivity contribution in [3.05, 3.63) is 56.8 Å². The molecule has 0 aliphatic carbocycles. The minimum Gasteiger partial charge on any atom is -0.337 e. The van der Waals surface area contributed by atoms with E-state index in [1.807, 2.05) is 6.92 Å². The van der Waals surface area contributed by atoms with Gasteiger partial charge in [-0.1, -0.05) is 17.7 Å². The van der Waals surface area contributed by atoms with E-state index in [4.69, 9.17) is 11.6 Å². The lowest BCUT2D eigenvalue weighted by atomic mass is 10.2. The van der Waals surface area contributed by atoms with E-state index in [-0.39, 0.29) is 11.5 Å². The molecule has 0 saturated carbocycles. The molecule has 25 heavy (non-hydrogen) atoms. The van der Waals surface area contributed by atoms with Crippen LogP contribution in [0, 0.1) is 12.7 Å². The number of thiazole rings is 1. The van der Waals surface area contributed by atoms with Gasteiger partial charge in [0.2, 0.25) is 5.91 Å². The predicted molar refractivity (Wildman–Crippen MR) is 99.2 cm³/mol. The largest absolute Gasteiger partial charge is 0.337 e. The molecule has 1 aliphatic rings. The van der Waals surface area contributed by atoms with E-state index >= 15 is 0 Å². The van der Waals surface area contributed by atoms with Gasteiger partial charge in [0.25, 0.3) is 0 Å². The van der Waals surface area contributed by atoms with Gasteiger partial charge < -0.3 is 4.90 Å². The summed E-state index contributed by atoms with van der Waals surface area (Å²) >= 11 is 7.62. The lowest BCUT2D eigenvalue weighted by Gasteiger charge is -2.33. The highest BCUT2D eigenvalue weighted by molar-refractivity contribution is 7.09. The standard InChI is InChI=1S/C18H19ClFN3OS/c1-13-21-14(12-25-13)11-22-7-9-23(10-8-22)18(24)6-5-15-16(19)3-2-4-17(15)20/h2-6,12H,7-11H2,1H3. The molecule has 7 heteroatoms. The number of hydrogen-bond acceptors (Lipinski definition) is 4. The molecule has 1 saturated heterocycles. The number of rotatable bonds is 4. The lowest BCUT2D eigenvalue weighted by molar-refractivity contribution is -0.127. The third-order valence-corrected chi connectivity index (χ3v) is 5.28. The first-order valence-electron chi connectivity index (χ1n) is 8.07. The number of nitrogens with zero attached hydrogens (tertiary/aromatic N) is 3. The Balaban J connectivity index is 1.54. The van der Waals surface area contributed by atoms with Gasteiger partial charge in [-0.3, -0.25) is 9.69 Å². The second-order valence-electron chi connectivity index (χ2n) is 5.93. The summed E-state index contributed by atoms with van der Waals surface area (Å²) in [5, 5.41) is 3.45. The van der Waals surface area contributed by atoms with Crippen molar-refractivity contribution < 1.29 is 9.18 Å². The van der Waals surface area contributed by atoms with Crippen molar-refractivity contribution in [2.45, 2.75) is 13.5 Å². The maximum Gasteiger partial charge on any atom is 0.246 e. The molecule has 3 rings (SSSR count). The van der Waals surface area contributed by atoms with Gasteiger partial charge in [-0.15, -0.1) is 11.3 Å². The van der Waals surface area contributed by atoms with Crippen molar-refractivity contribution in [1.82, 2.24) is 14.8 Å². The summed E-state index contributed by atoms with van der Waals surface area (Å²) in [6.07, 6.45) is 2.84. The Bertz CT molecular complexity index is 764. The highest BCUT2D eigenvalue weighted by Crippen LogP contribution is 2.20. The van der Waals surface area contributed by atoms with E-state index < -0.39 is 5.82 Å². The zero-order valence-electron chi connectivity index (χ0n) is 13.9. The van der Waals surface area contributed by atoms with Gasteiger partial charge >= 0.3 is 0 Å². The van der Waals surface area contributed by atoms with Crippen molar-refractivity contribution in [2.75, 3.05) is 26.2 Å². The summed E-state index contributed by atoms with van der Waals surface area (Å²) in [4.78, 5) is 20.8. The van der Waals surface area contributed by atoms with Crippen LogP contribution in [0.3, 0.4) is 0 Å². The van der Waals surface area contributed by atoms with Crippen LogP contribution in [-0.4, -0.2) is 46.9 Å². The second-order valence-corrected chi connectivity index (χ2v) is 7.40. The molecular formula is C18H19ClFN3OS. The van der Waals surface area contributed by atoms with Crippen molar-refractivity contribution >= 4 is 34.9 Å². The van der Waals surface area contributed by atoms with Crippen LogP contribution in [-0.2, 0) is 11.3 Å². The van der Waals surface area contributed by atoms with Crippen LogP contribution in [0.1, 0.15) is 16.3 Å². The molecule has 1 aromatic heterocycles. The van der Waals surface area contributed by atoms with Gasteiger partial charge in [-0.2, -0.15) is 0 Å². The molecule has 0 N–H and O–H groups in total. The van der Waals surface area contributed by atoms with Crippen LogP contribution in [0.5, 0.6) is 0 Å². The van der Waals surface area contributed by atoms with Crippen LogP contribution < -0.4 is 0 Å². The van der Waals surface area contributed by atoms with Crippen LogP contribution in [0.25, 0.3) is 6.08 Å². The Labute approximate surface area is 155 Å². The van der Waals surface area contributed by atoms with Crippen LogP contribution in [0.2, 0.25) is 5.02 Å². The van der Waals surface area contributed by atoms with Crippen molar-refractivity contribution in [3.8, 4) is 0 Å². The molecule has 2 heterocycles. The van der Waals surface area contributed by atoms with Crippen molar-refractivity contribution in [2.24, 2.45) is 0 Å². The molecule has 0 bridgehead atoms. The molecule has 0 spiro atoms. The van der Waals surface area contributed by atoms with E-state index in [0.29, 0.717) is 18.1 Å². The molecule has 1 amide bonds. The maximum absolute atomic E-state index is 13.7. The van der Waals surface area contributed by atoms with Crippen molar-refractivity contribution in [1.29, 1.82) is 0 Å². The van der Waals surface area contributed by atoms with Crippen LogP contribution >= 0.6 is 22.9 Å². The first-order valence-corrected chi connectivity index (χ1v) is 9.33. The molecular weight excluding hydrogens is 361 g/mol. The molecule has 2 aromatic rings. The summed E-state index contributed by atoms with van der Waals surface area (Å²) in [5.41, 5.74) is 1.33. The molecule has 0 unspecified atom stereocenters. The Morgan fingerprint density at radius 3 is 2.76 bits per heavy atom. The van der Waals surface area contributed by atoms with E-state index in [1.54, 1.807) is 28.4 Å². The van der Waals surface area contributed by atoms with E-state index in [1.165, 1.54) is 18.2 Å². The molecule has 132 valence electrons. The third-order valence-electron chi connectivity index (χ3n) is 4.13. The fraction of sp³-hybridized carbons (Fsp3) is 0.333. The normalized spacial score (nSPS) is 15.9.